The van der Waals surface area contributed by atoms with E-state index in [4.69, 9.17) is 20.9 Å². The average Bonchev–Trinajstić information content (AvgIpc) is 2.91. The zero-order chi connectivity index (χ0) is 26.8. The van der Waals surface area contributed by atoms with E-state index in [-0.39, 0.29) is 12.0 Å². The van der Waals surface area contributed by atoms with Crippen LogP contribution in [-0.2, 0) is 6.42 Å². The molecule has 0 aliphatic carbocycles. The molecule has 4 N–H and O–H groups in total. The van der Waals surface area contributed by atoms with Gasteiger partial charge in [0, 0.05) is 6.42 Å². The first-order valence-electron chi connectivity index (χ1n) is 14.5. The molecule has 0 aliphatic rings. The van der Waals surface area contributed by atoms with Crippen LogP contribution in [0.2, 0.25) is 0 Å². The first kappa shape index (κ1) is 29.2. The highest BCUT2D eigenvalue weighted by atomic mass is 16.5. The number of nitrogens with two attached hydrogens (primary N) is 2. The van der Waals surface area contributed by atoms with Crippen LogP contribution in [0.3, 0.4) is 0 Å². The van der Waals surface area contributed by atoms with Crippen LogP contribution in [0.4, 0.5) is 11.4 Å². The van der Waals surface area contributed by atoms with Crippen molar-refractivity contribution in [3.05, 3.63) is 54.4 Å². The highest BCUT2D eigenvalue weighted by molar-refractivity contribution is 5.53. The number of anilines is 2. The molecule has 1 aromatic heterocycles. The molecule has 0 amide bonds. The minimum absolute atomic E-state index is 0.155. The number of benzene rings is 2. The van der Waals surface area contributed by atoms with Gasteiger partial charge in [-0.25, -0.2) is 0 Å². The van der Waals surface area contributed by atoms with Gasteiger partial charge in [-0.3, -0.25) is 0 Å². The van der Waals surface area contributed by atoms with E-state index < -0.39 is 0 Å². The molecule has 7 heteroatoms. The van der Waals surface area contributed by atoms with Gasteiger partial charge >= 0.3 is 12.0 Å². The van der Waals surface area contributed by atoms with Crippen molar-refractivity contribution >= 4 is 11.4 Å². The first-order valence-corrected chi connectivity index (χ1v) is 14.5. The number of rotatable bonds is 19. The summed E-state index contributed by atoms with van der Waals surface area (Å²) < 4.78 is 11.8. The Morgan fingerprint density at radius 3 is 1.34 bits per heavy atom. The first-order chi connectivity index (χ1) is 18.7. The molecule has 0 fully saturated rings. The van der Waals surface area contributed by atoms with Crippen molar-refractivity contribution in [2.24, 2.45) is 0 Å². The van der Waals surface area contributed by atoms with E-state index in [9.17, 15) is 0 Å². The highest BCUT2D eigenvalue weighted by Crippen LogP contribution is 2.28. The lowest BCUT2D eigenvalue weighted by atomic mass is 10.0. The molecule has 2 aromatic carbocycles. The van der Waals surface area contributed by atoms with E-state index in [1.54, 1.807) is 24.3 Å². The van der Waals surface area contributed by atoms with Gasteiger partial charge in [0.05, 0.1) is 11.4 Å². The maximum Gasteiger partial charge on any atom is 0.328 e. The maximum atomic E-state index is 6.04. The molecular formula is C31H45N5O2. The fourth-order valence-electron chi connectivity index (χ4n) is 4.40. The van der Waals surface area contributed by atoms with E-state index in [0.717, 1.165) is 19.3 Å². The lowest BCUT2D eigenvalue weighted by Crippen LogP contribution is -2.05. The topological polar surface area (TPSA) is 109 Å². The predicted molar refractivity (Wildman–Crippen MR) is 156 cm³/mol. The molecule has 0 saturated heterocycles. The second-order valence-electron chi connectivity index (χ2n) is 9.94. The number of aromatic nitrogens is 3. The number of unbranched alkanes of at least 4 members (excludes halogenated alkanes) is 13. The number of para-hydroxylation sites is 4. The second kappa shape index (κ2) is 17.2. The van der Waals surface area contributed by atoms with E-state index in [2.05, 4.69) is 21.9 Å². The zero-order valence-corrected chi connectivity index (χ0v) is 23.0. The summed E-state index contributed by atoms with van der Waals surface area (Å²) >= 11 is 0. The van der Waals surface area contributed by atoms with E-state index in [1.807, 2.05) is 24.3 Å². The molecule has 0 unspecified atom stereocenters. The third-order valence-corrected chi connectivity index (χ3v) is 6.64. The number of ether oxygens (including phenoxy) is 2. The number of aryl methyl sites for hydroxylation is 1. The summed E-state index contributed by atoms with van der Waals surface area (Å²) in [5.41, 5.74) is 13.1. The SMILES string of the molecule is CCCCCCCCCCCCCCCCc1nc(Oc2ccccc2N)nc(Oc2ccccc2N)n1. The Bertz CT molecular complexity index is 1010. The van der Waals surface area contributed by atoms with Crippen LogP contribution in [0.15, 0.2) is 48.5 Å². The highest BCUT2D eigenvalue weighted by Gasteiger charge is 2.13. The molecule has 0 spiro atoms. The van der Waals surface area contributed by atoms with Gasteiger partial charge in [0.2, 0.25) is 0 Å². The Hall–Kier alpha value is -3.35. The van der Waals surface area contributed by atoms with Crippen molar-refractivity contribution in [2.45, 2.75) is 103 Å². The van der Waals surface area contributed by atoms with Gasteiger partial charge in [-0.15, -0.1) is 4.98 Å². The summed E-state index contributed by atoms with van der Waals surface area (Å²) in [5, 5.41) is 0. The standard InChI is InChI=1S/C31H45N5O2/c1-2-3-4-5-6-7-8-9-10-11-12-13-14-15-24-29-34-30(37-27-22-18-16-20-25(27)32)36-31(35-29)38-28-23-19-17-21-26(28)33/h16-23H,2-15,24,32-33H2,1H3. The Morgan fingerprint density at radius 1 is 0.526 bits per heavy atom. The molecule has 1 heterocycles. The predicted octanol–water partition coefficient (Wildman–Crippen LogP) is 8.64. The van der Waals surface area contributed by atoms with Crippen LogP contribution in [0.25, 0.3) is 0 Å². The van der Waals surface area contributed by atoms with Crippen LogP contribution in [0.5, 0.6) is 23.5 Å². The molecule has 0 atom stereocenters. The summed E-state index contributed by atoms with van der Waals surface area (Å²) in [6.45, 7) is 2.27. The lowest BCUT2D eigenvalue weighted by Gasteiger charge is -2.11. The Kier molecular flexibility index (Phi) is 13.2. The molecule has 206 valence electrons. The van der Waals surface area contributed by atoms with Gasteiger partial charge in [-0.1, -0.05) is 115 Å². The van der Waals surface area contributed by atoms with Crippen molar-refractivity contribution in [1.29, 1.82) is 0 Å². The molecule has 0 aliphatic heterocycles. The fourth-order valence-corrected chi connectivity index (χ4v) is 4.40. The average molecular weight is 520 g/mol. The van der Waals surface area contributed by atoms with Crippen LogP contribution in [0, 0.1) is 0 Å². The molecule has 3 aromatic rings. The third-order valence-electron chi connectivity index (χ3n) is 6.64. The smallest absolute Gasteiger partial charge is 0.328 e. The summed E-state index contributed by atoms with van der Waals surface area (Å²) in [7, 11) is 0. The van der Waals surface area contributed by atoms with Crippen LogP contribution in [0.1, 0.15) is 103 Å². The summed E-state index contributed by atoms with van der Waals surface area (Å²) in [6.07, 6.45) is 19.2. The molecule has 0 bridgehead atoms. The molecule has 38 heavy (non-hydrogen) atoms. The third kappa shape index (κ3) is 11.0. The Morgan fingerprint density at radius 2 is 0.921 bits per heavy atom. The number of hydrogen-bond acceptors (Lipinski definition) is 7. The quantitative estimate of drug-likeness (QED) is 0.120. The fraction of sp³-hybridized carbons (Fsp3) is 0.516. The number of nitrogens with zero attached hydrogens (tertiary/aromatic N) is 3. The van der Waals surface area contributed by atoms with Gasteiger partial charge < -0.3 is 20.9 Å². The van der Waals surface area contributed by atoms with E-state index in [0.29, 0.717) is 28.7 Å². The summed E-state index contributed by atoms with van der Waals surface area (Å²) in [5.74, 6) is 1.62. The minimum atomic E-state index is 0.155. The Balaban J connectivity index is 1.43. The van der Waals surface area contributed by atoms with E-state index in [1.165, 1.54) is 77.0 Å². The normalized spacial score (nSPS) is 11.0. The second-order valence-corrected chi connectivity index (χ2v) is 9.94. The van der Waals surface area contributed by atoms with Crippen molar-refractivity contribution in [1.82, 2.24) is 15.0 Å². The van der Waals surface area contributed by atoms with Gasteiger partial charge in [-0.2, -0.15) is 9.97 Å². The summed E-state index contributed by atoms with van der Waals surface area (Å²) in [4.78, 5) is 13.4. The minimum Gasteiger partial charge on any atom is -0.422 e. The molecule has 7 nitrogen and oxygen atoms in total. The van der Waals surface area contributed by atoms with Crippen LogP contribution >= 0.6 is 0 Å². The van der Waals surface area contributed by atoms with Gasteiger partial charge in [-0.05, 0) is 30.7 Å². The van der Waals surface area contributed by atoms with E-state index >= 15 is 0 Å². The maximum absolute atomic E-state index is 6.04. The summed E-state index contributed by atoms with van der Waals surface area (Å²) in [6, 6.07) is 14.8. The van der Waals surface area contributed by atoms with Crippen molar-refractivity contribution in [3.8, 4) is 23.5 Å². The largest absolute Gasteiger partial charge is 0.422 e. The van der Waals surface area contributed by atoms with Crippen molar-refractivity contribution < 1.29 is 9.47 Å². The van der Waals surface area contributed by atoms with Crippen molar-refractivity contribution in [3.63, 3.8) is 0 Å². The number of hydrogen-bond donors (Lipinski definition) is 2. The molecule has 0 radical (unpaired) electrons. The zero-order valence-electron chi connectivity index (χ0n) is 23.0. The molecule has 0 saturated carbocycles. The lowest BCUT2D eigenvalue weighted by molar-refractivity contribution is 0.393. The molecular weight excluding hydrogens is 474 g/mol. The molecule has 3 rings (SSSR count). The van der Waals surface area contributed by atoms with Crippen LogP contribution in [-0.4, -0.2) is 15.0 Å². The van der Waals surface area contributed by atoms with Gasteiger partial charge in [0.25, 0.3) is 0 Å². The van der Waals surface area contributed by atoms with Gasteiger partial charge in [0.1, 0.15) is 5.82 Å². The van der Waals surface area contributed by atoms with Crippen LogP contribution < -0.4 is 20.9 Å². The van der Waals surface area contributed by atoms with Gasteiger partial charge in [0.15, 0.2) is 11.5 Å². The monoisotopic (exact) mass is 519 g/mol. The Labute approximate surface area is 228 Å². The van der Waals surface area contributed by atoms with Crippen molar-refractivity contribution in [2.75, 3.05) is 11.5 Å². The number of nitrogen functional groups attached to an aromatic ring is 2.